The summed E-state index contributed by atoms with van der Waals surface area (Å²) >= 11 is 0. The van der Waals surface area contributed by atoms with Gasteiger partial charge in [0, 0.05) is 0 Å². The molecule has 1 saturated heterocycles. The Balaban J connectivity index is 0.000000956. The first-order valence-corrected chi connectivity index (χ1v) is 10.4. The van der Waals surface area contributed by atoms with Gasteiger partial charge in [-0.1, -0.05) is 5.16 Å². The third kappa shape index (κ3) is 14.5. The number of esters is 2. The topological polar surface area (TPSA) is 80.4 Å². The second kappa shape index (κ2) is 9.59. The summed E-state index contributed by atoms with van der Waals surface area (Å²) in [5, 5.41) is 3.67. The summed E-state index contributed by atoms with van der Waals surface area (Å²) in [7, 11) is -7.05. The van der Waals surface area contributed by atoms with Crippen molar-refractivity contribution in [3.8, 4) is 0 Å². The van der Waals surface area contributed by atoms with Crippen molar-refractivity contribution in [2.24, 2.45) is 5.16 Å². The molecule has 0 aromatic rings. The standard InChI is InChI=1S/C14H24N3O5.F6P/c1-5-20-12(18)11(13(19)21-6-2)15-22-14(16(3)4)17-9-7-8-10-17;1-7(2,3,4,5)6/h5-10H2,1-4H3;/q+1;-1. The fraction of sp³-hybridized carbons (Fsp3) is 0.714. The van der Waals surface area contributed by atoms with Gasteiger partial charge in [0.15, 0.2) is 0 Å². The van der Waals surface area contributed by atoms with Crippen LogP contribution in [-0.2, 0) is 23.9 Å². The van der Waals surface area contributed by atoms with E-state index in [1.54, 1.807) is 32.5 Å². The molecule has 0 aromatic heterocycles. The van der Waals surface area contributed by atoms with Gasteiger partial charge in [0.2, 0.25) is 0 Å². The van der Waals surface area contributed by atoms with Gasteiger partial charge >= 0.3 is 51.0 Å². The Hall–Kier alpha value is -2.11. The second-order valence-electron chi connectivity index (χ2n) is 5.80. The number of carbonyl (C=O) groups is 2. The normalized spacial score (nSPS) is 15.7. The van der Waals surface area contributed by atoms with Gasteiger partial charge in [-0.3, -0.25) is 4.84 Å². The zero-order valence-electron chi connectivity index (χ0n) is 16.3. The van der Waals surface area contributed by atoms with Crippen LogP contribution < -0.4 is 0 Å². The summed E-state index contributed by atoms with van der Waals surface area (Å²) in [6.45, 7) is 5.24. The number of oxime groups is 1. The van der Waals surface area contributed by atoms with Crippen LogP contribution >= 0.6 is 7.81 Å². The molecule has 0 bridgehead atoms. The summed E-state index contributed by atoms with van der Waals surface area (Å²) in [6, 6.07) is 0.476. The van der Waals surface area contributed by atoms with Gasteiger partial charge in [-0.2, -0.15) is 0 Å². The van der Waals surface area contributed by atoms with E-state index in [-0.39, 0.29) is 13.2 Å². The average molecular weight is 459 g/mol. The van der Waals surface area contributed by atoms with Crippen LogP contribution in [0, 0.1) is 0 Å². The molecule has 8 nitrogen and oxygen atoms in total. The molecule has 0 radical (unpaired) electrons. The van der Waals surface area contributed by atoms with Gasteiger partial charge < -0.3 is 9.47 Å². The maximum absolute atomic E-state index is 11.8. The minimum atomic E-state index is -10.7. The Morgan fingerprint density at radius 1 is 0.931 bits per heavy atom. The van der Waals surface area contributed by atoms with Crippen molar-refractivity contribution in [2.75, 3.05) is 40.4 Å². The van der Waals surface area contributed by atoms with Gasteiger partial charge in [-0.15, -0.1) is 0 Å². The fourth-order valence-electron chi connectivity index (χ4n) is 1.97. The predicted molar refractivity (Wildman–Crippen MR) is 93.3 cm³/mol. The SMILES string of the molecule is CCOC(=O)C(=NOC(N1CCCC1)=[N+](C)C)C(=O)OCC.F[P-](F)(F)(F)(F)F. The van der Waals surface area contributed by atoms with E-state index >= 15 is 0 Å². The van der Waals surface area contributed by atoms with E-state index in [0.717, 1.165) is 25.9 Å². The van der Waals surface area contributed by atoms with Gasteiger partial charge in [-0.25, -0.2) is 19.1 Å². The quantitative estimate of drug-likeness (QED) is 0.0914. The van der Waals surface area contributed by atoms with Gasteiger partial charge in [0.25, 0.3) is 5.71 Å². The molecular weight excluding hydrogens is 435 g/mol. The maximum atomic E-state index is 11.8. The first-order chi connectivity index (χ1) is 13.0. The van der Waals surface area contributed by atoms with Crippen LogP contribution in [-0.4, -0.2) is 73.5 Å². The van der Waals surface area contributed by atoms with Crippen molar-refractivity contribution in [2.45, 2.75) is 26.7 Å². The number of ether oxygens (including phenoxy) is 2. The van der Waals surface area contributed by atoms with E-state index in [1.807, 2.05) is 4.90 Å². The Morgan fingerprint density at radius 3 is 1.62 bits per heavy atom. The van der Waals surface area contributed by atoms with Gasteiger partial charge in [0.1, 0.15) is 0 Å². The number of nitrogens with zero attached hydrogens (tertiary/aromatic N) is 3. The summed E-state index contributed by atoms with van der Waals surface area (Å²) in [4.78, 5) is 30.9. The molecule has 0 saturated carbocycles. The van der Waals surface area contributed by atoms with Crippen LogP contribution in [0.1, 0.15) is 26.7 Å². The van der Waals surface area contributed by atoms with E-state index < -0.39 is 25.5 Å². The first kappa shape index (κ1) is 26.9. The Labute approximate surface area is 163 Å². The zero-order chi connectivity index (χ0) is 22.9. The Bertz CT molecular complexity index is 625. The number of halogens is 6. The number of amidine groups is 1. The van der Waals surface area contributed by atoms with E-state index in [2.05, 4.69) is 5.16 Å². The molecule has 0 unspecified atom stereocenters. The molecule has 1 aliphatic rings. The van der Waals surface area contributed by atoms with E-state index in [9.17, 15) is 34.8 Å². The van der Waals surface area contributed by atoms with Crippen molar-refractivity contribution < 1.29 is 53.7 Å². The molecule has 0 atom stereocenters. The summed E-state index contributed by atoms with van der Waals surface area (Å²) < 4.78 is 70.5. The molecule has 1 rings (SSSR count). The molecule has 0 N–H and O–H groups in total. The Morgan fingerprint density at radius 2 is 1.31 bits per heavy atom. The van der Waals surface area contributed by atoms with Crippen molar-refractivity contribution >= 4 is 31.5 Å². The van der Waals surface area contributed by atoms with E-state index in [4.69, 9.17) is 14.3 Å². The summed E-state index contributed by atoms with van der Waals surface area (Å²) in [5.74, 6) is -1.72. The molecule has 172 valence electrons. The van der Waals surface area contributed by atoms with Gasteiger partial charge in [-0.05, 0) is 26.7 Å². The van der Waals surface area contributed by atoms with Crippen molar-refractivity contribution in [1.82, 2.24) is 4.90 Å². The molecule has 0 aliphatic carbocycles. The van der Waals surface area contributed by atoms with Crippen molar-refractivity contribution in [1.29, 1.82) is 0 Å². The van der Waals surface area contributed by atoms with Crippen LogP contribution in [0.5, 0.6) is 0 Å². The van der Waals surface area contributed by atoms with Crippen LogP contribution in [0.25, 0.3) is 0 Å². The predicted octanol–water partition coefficient (Wildman–Crippen LogP) is 3.59. The monoisotopic (exact) mass is 459 g/mol. The average Bonchev–Trinajstić information content (AvgIpc) is 3.02. The number of rotatable bonds is 5. The van der Waals surface area contributed by atoms with Crippen LogP contribution in [0.15, 0.2) is 5.16 Å². The molecular formula is C14H24F6N3O5P. The third-order valence-electron chi connectivity index (χ3n) is 2.92. The van der Waals surface area contributed by atoms with Crippen molar-refractivity contribution in [3.05, 3.63) is 0 Å². The molecule has 1 aliphatic heterocycles. The first-order valence-electron chi connectivity index (χ1n) is 8.41. The van der Waals surface area contributed by atoms with E-state index in [1.165, 1.54) is 0 Å². The molecule has 0 spiro atoms. The number of carbonyl (C=O) groups excluding carboxylic acids is 2. The van der Waals surface area contributed by atoms with Crippen LogP contribution in [0.4, 0.5) is 25.2 Å². The number of likely N-dealkylation sites (tertiary alicyclic amines) is 1. The van der Waals surface area contributed by atoms with E-state index in [0.29, 0.717) is 6.02 Å². The molecule has 1 heterocycles. The molecule has 15 heteroatoms. The zero-order valence-corrected chi connectivity index (χ0v) is 17.2. The van der Waals surface area contributed by atoms with Gasteiger partial charge in [0.05, 0.1) is 40.4 Å². The van der Waals surface area contributed by atoms with Crippen molar-refractivity contribution in [3.63, 3.8) is 0 Å². The van der Waals surface area contributed by atoms with Crippen LogP contribution in [0.3, 0.4) is 0 Å². The number of hydrogen-bond acceptors (Lipinski definition) is 6. The Kier molecular flexibility index (Phi) is 8.89. The fourth-order valence-corrected chi connectivity index (χ4v) is 1.97. The summed E-state index contributed by atoms with van der Waals surface area (Å²) in [6.07, 6.45) is 2.13. The minimum absolute atomic E-state index is 0.133. The molecule has 0 aromatic carbocycles. The molecule has 0 amide bonds. The summed E-state index contributed by atoms with van der Waals surface area (Å²) in [5.41, 5.74) is -0.498. The molecule has 1 fully saturated rings. The third-order valence-corrected chi connectivity index (χ3v) is 2.92. The number of hydrogen-bond donors (Lipinski definition) is 0. The molecule has 29 heavy (non-hydrogen) atoms. The second-order valence-corrected chi connectivity index (χ2v) is 7.72. The van der Waals surface area contributed by atoms with Crippen LogP contribution in [0.2, 0.25) is 0 Å².